The van der Waals surface area contributed by atoms with Gasteiger partial charge in [-0.15, -0.1) is 0 Å². The number of nitrogens with one attached hydrogen (secondary N) is 2. The number of carboxylic acid groups (broad SMARTS) is 1. The minimum atomic E-state index is -1.11. The molecule has 1 unspecified atom stereocenters. The van der Waals surface area contributed by atoms with Crippen LogP contribution in [0.5, 0.6) is 5.75 Å². The first kappa shape index (κ1) is 30.4. The third-order valence-electron chi connectivity index (χ3n) is 7.72. The van der Waals surface area contributed by atoms with Gasteiger partial charge in [-0.25, -0.2) is 13.6 Å². The lowest BCUT2D eigenvalue weighted by Gasteiger charge is -2.37. The van der Waals surface area contributed by atoms with Crippen LogP contribution in [0, 0.1) is 11.6 Å². The summed E-state index contributed by atoms with van der Waals surface area (Å²) < 4.78 is 28.1. The van der Waals surface area contributed by atoms with Gasteiger partial charge in [0.2, 0.25) is 5.91 Å². The van der Waals surface area contributed by atoms with Gasteiger partial charge >= 0.3 is 11.0 Å². The zero-order valence-electron chi connectivity index (χ0n) is 23.0. The van der Waals surface area contributed by atoms with Crippen LogP contribution in [-0.2, 0) is 17.6 Å². The molecule has 1 aliphatic carbocycles. The SMILES string of the molecule is CC(NCCc1cccc(F)c1F)C(=O)N(CCN(CCc1ccc(O)c2[nH]c(=O)sc12)C(=O)O)C1CCCCC1. The molecule has 3 aromatic rings. The first-order valence-electron chi connectivity index (χ1n) is 13.9. The molecule has 1 fully saturated rings. The number of phenols is 1. The predicted octanol–water partition coefficient (Wildman–Crippen LogP) is 4.48. The number of fused-ring (bicyclic) bond motifs is 1. The number of nitrogens with zero attached hydrogens (tertiary/aromatic N) is 2. The van der Waals surface area contributed by atoms with E-state index in [-0.39, 0.29) is 60.7 Å². The van der Waals surface area contributed by atoms with Gasteiger partial charge in [0.05, 0.1) is 10.7 Å². The summed E-state index contributed by atoms with van der Waals surface area (Å²) in [4.78, 5) is 42.8. The Morgan fingerprint density at radius 1 is 1.07 bits per heavy atom. The molecule has 1 atom stereocenters. The smallest absolute Gasteiger partial charge is 0.407 e. The van der Waals surface area contributed by atoms with Crippen LogP contribution in [0.1, 0.15) is 50.2 Å². The van der Waals surface area contributed by atoms with Crippen LogP contribution in [-0.4, -0.2) is 75.3 Å². The fourth-order valence-corrected chi connectivity index (χ4v) is 6.32. The van der Waals surface area contributed by atoms with Gasteiger partial charge in [0.25, 0.3) is 0 Å². The van der Waals surface area contributed by atoms with Crippen molar-refractivity contribution >= 4 is 33.6 Å². The van der Waals surface area contributed by atoms with Crippen molar-refractivity contribution < 1.29 is 28.6 Å². The maximum absolute atomic E-state index is 14.0. The highest BCUT2D eigenvalue weighted by Gasteiger charge is 2.29. The van der Waals surface area contributed by atoms with Gasteiger partial charge in [-0.05, 0) is 55.9 Å². The molecule has 1 aliphatic rings. The molecule has 9 nitrogen and oxygen atoms in total. The number of hydrogen-bond acceptors (Lipinski definition) is 6. The average molecular weight is 591 g/mol. The summed E-state index contributed by atoms with van der Waals surface area (Å²) in [6, 6.07) is 6.61. The van der Waals surface area contributed by atoms with Crippen molar-refractivity contribution in [2.75, 3.05) is 26.2 Å². The van der Waals surface area contributed by atoms with Gasteiger partial charge in [-0.2, -0.15) is 0 Å². The summed E-state index contributed by atoms with van der Waals surface area (Å²) in [5.74, 6) is -1.98. The van der Waals surface area contributed by atoms with Gasteiger partial charge in [0.15, 0.2) is 11.6 Å². The van der Waals surface area contributed by atoms with E-state index in [1.807, 2.05) is 0 Å². The van der Waals surface area contributed by atoms with Gasteiger partial charge < -0.3 is 30.3 Å². The molecular weight excluding hydrogens is 554 g/mol. The molecule has 222 valence electrons. The topological polar surface area (TPSA) is 126 Å². The number of halogens is 2. The summed E-state index contributed by atoms with van der Waals surface area (Å²) in [5, 5.41) is 23.1. The number of amides is 2. The number of phenolic OH excluding ortho intramolecular Hbond substituents is 1. The number of thiazole rings is 1. The van der Waals surface area contributed by atoms with E-state index in [4.69, 9.17) is 0 Å². The standard InChI is InChI=1S/C29H36F2N4O5S/c1-18(32-14-12-19-6-5-9-22(30)24(19)31)27(37)35(21-7-3-2-4-8-21)17-16-34(29(39)40)15-13-20-10-11-23(36)25-26(20)41-28(38)33-25/h5-6,9-11,18,21,32,36H,2-4,7-8,12-17H2,1H3,(H,33,38)(H,39,40). The summed E-state index contributed by atoms with van der Waals surface area (Å²) in [5.41, 5.74) is 1.33. The Morgan fingerprint density at radius 2 is 1.83 bits per heavy atom. The first-order chi connectivity index (χ1) is 19.7. The number of hydrogen-bond donors (Lipinski definition) is 4. The summed E-state index contributed by atoms with van der Waals surface area (Å²) in [7, 11) is 0. The Hall–Kier alpha value is -3.51. The number of benzene rings is 2. The molecule has 1 saturated carbocycles. The largest absolute Gasteiger partial charge is 0.506 e. The van der Waals surface area contributed by atoms with E-state index in [9.17, 15) is 33.4 Å². The monoisotopic (exact) mass is 590 g/mol. The van der Waals surface area contributed by atoms with E-state index in [1.165, 1.54) is 23.1 Å². The Bertz CT molecular complexity index is 1420. The second-order valence-electron chi connectivity index (χ2n) is 10.4. The molecular formula is C29H36F2N4O5S. The number of carbonyl (C=O) groups is 2. The fourth-order valence-electron chi connectivity index (χ4n) is 5.42. The van der Waals surface area contributed by atoms with Crippen molar-refractivity contribution in [3.05, 3.63) is 62.8 Å². The van der Waals surface area contributed by atoms with Crippen LogP contribution in [0.3, 0.4) is 0 Å². The molecule has 2 aromatic carbocycles. The van der Waals surface area contributed by atoms with Crippen molar-refractivity contribution in [3.63, 3.8) is 0 Å². The molecule has 41 heavy (non-hydrogen) atoms. The second kappa shape index (κ2) is 13.9. The van der Waals surface area contributed by atoms with Gasteiger partial charge in [0.1, 0.15) is 11.3 Å². The van der Waals surface area contributed by atoms with E-state index in [2.05, 4.69) is 10.3 Å². The molecule has 12 heteroatoms. The number of rotatable bonds is 12. The van der Waals surface area contributed by atoms with E-state index < -0.39 is 23.8 Å². The van der Waals surface area contributed by atoms with Crippen molar-refractivity contribution in [2.24, 2.45) is 0 Å². The van der Waals surface area contributed by atoms with Crippen LogP contribution in [0.25, 0.3) is 10.2 Å². The van der Waals surface area contributed by atoms with Crippen LogP contribution in [0.15, 0.2) is 35.1 Å². The van der Waals surface area contributed by atoms with Gasteiger partial charge in [-0.3, -0.25) is 9.59 Å². The summed E-state index contributed by atoms with van der Waals surface area (Å²) >= 11 is 0.967. The first-order valence-corrected chi connectivity index (χ1v) is 14.8. The molecule has 0 radical (unpaired) electrons. The quantitative estimate of drug-likeness (QED) is 0.247. The van der Waals surface area contributed by atoms with Crippen molar-refractivity contribution in [3.8, 4) is 5.75 Å². The van der Waals surface area contributed by atoms with E-state index in [0.717, 1.165) is 55.1 Å². The van der Waals surface area contributed by atoms with Crippen LogP contribution in [0.4, 0.5) is 13.6 Å². The highest BCUT2D eigenvalue weighted by atomic mass is 32.1. The Labute approximate surface area is 240 Å². The van der Waals surface area contributed by atoms with E-state index in [0.29, 0.717) is 16.6 Å². The van der Waals surface area contributed by atoms with Gasteiger partial charge in [-0.1, -0.05) is 48.8 Å². The molecule has 4 rings (SSSR count). The van der Waals surface area contributed by atoms with E-state index >= 15 is 0 Å². The zero-order chi connectivity index (χ0) is 29.5. The zero-order valence-corrected chi connectivity index (χ0v) is 23.8. The fraction of sp³-hybridized carbons (Fsp3) is 0.483. The molecule has 0 aliphatic heterocycles. The Balaban J connectivity index is 1.39. The summed E-state index contributed by atoms with van der Waals surface area (Å²) in [6.45, 7) is 2.50. The van der Waals surface area contributed by atoms with Crippen molar-refractivity contribution in [2.45, 2.75) is 64.0 Å². The number of aromatic amines is 1. The normalized spacial score (nSPS) is 14.7. The Morgan fingerprint density at radius 3 is 2.56 bits per heavy atom. The minimum Gasteiger partial charge on any atom is -0.506 e. The molecule has 0 bridgehead atoms. The number of H-pyrrole nitrogens is 1. The number of carbonyl (C=O) groups excluding carboxylic acids is 1. The molecule has 2 amide bonds. The average Bonchev–Trinajstić information content (AvgIpc) is 3.36. The molecule has 1 heterocycles. The lowest BCUT2D eigenvalue weighted by molar-refractivity contribution is -0.136. The second-order valence-corrected chi connectivity index (χ2v) is 11.4. The van der Waals surface area contributed by atoms with Crippen molar-refractivity contribution in [1.29, 1.82) is 0 Å². The van der Waals surface area contributed by atoms with Crippen LogP contribution >= 0.6 is 11.3 Å². The van der Waals surface area contributed by atoms with Gasteiger partial charge in [0, 0.05) is 32.2 Å². The van der Waals surface area contributed by atoms with Crippen LogP contribution in [0.2, 0.25) is 0 Å². The maximum Gasteiger partial charge on any atom is 0.407 e. The molecule has 0 saturated heterocycles. The third-order valence-corrected chi connectivity index (χ3v) is 8.67. The maximum atomic E-state index is 14.0. The number of aromatic nitrogens is 1. The third kappa shape index (κ3) is 7.62. The molecule has 0 spiro atoms. The number of aromatic hydroxyl groups is 1. The van der Waals surface area contributed by atoms with E-state index in [1.54, 1.807) is 17.9 Å². The molecule has 1 aromatic heterocycles. The lowest BCUT2D eigenvalue weighted by Crippen LogP contribution is -2.52. The predicted molar refractivity (Wildman–Crippen MR) is 154 cm³/mol. The Kier molecular flexibility index (Phi) is 10.3. The van der Waals surface area contributed by atoms with Crippen molar-refractivity contribution in [1.82, 2.24) is 20.1 Å². The minimum absolute atomic E-state index is 0.00524. The van der Waals surface area contributed by atoms with Crippen LogP contribution < -0.4 is 10.2 Å². The lowest BCUT2D eigenvalue weighted by atomic mass is 9.93. The highest BCUT2D eigenvalue weighted by Crippen LogP contribution is 2.28. The summed E-state index contributed by atoms with van der Waals surface area (Å²) in [6.07, 6.45) is 4.22. The molecule has 4 N–H and O–H groups in total. The highest BCUT2D eigenvalue weighted by molar-refractivity contribution is 7.16.